The van der Waals surface area contributed by atoms with Crippen molar-refractivity contribution in [1.29, 1.82) is 0 Å². The smallest absolute Gasteiger partial charge is 0.0716 e. The first kappa shape index (κ1) is 7.50. The lowest BCUT2D eigenvalue weighted by molar-refractivity contribution is 0.367. The maximum Gasteiger partial charge on any atom is 0.0716 e. The van der Waals surface area contributed by atoms with Crippen LogP contribution < -0.4 is 0 Å². The van der Waals surface area contributed by atoms with Gasteiger partial charge in [-0.3, -0.25) is 4.90 Å². The Morgan fingerprint density at radius 1 is 1.11 bits per heavy atom. The summed E-state index contributed by atoms with van der Waals surface area (Å²) < 4.78 is 0. The summed E-state index contributed by atoms with van der Waals surface area (Å²) in [6, 6.07) is 0. The molecular formula is C7H17NP+. The summed E-state index contributed by atoms with van der Waals surface area (Å²) in [5.74, 6) is 0. The van der Waals surface area contributed by atoms with E-state index in [4.69, 9.17) is 0 Å². The lowest BCUT2D eigenvalue weighted by Gasteiger charge is -2.29. The molecule has 0 aromatic rings. The summed E-state index contributed by atoms with van der Waals surface area (Å²) in [5, 5.41) is 0. The predicted molar refractivity (Wildman–Crippen MR) is 46.0 cm³/mol. The first-order chi connectivity index (χ1) is 4.10. The van der Waals surface area contributed by atoms with E-state index in [9.17, 15) is 0 Å². The Bertz CT molecular complexity index is 91.1. The Balaban J connectivity index is 2.35. The van der Waals surface area contributed by atoms with Crippen LogP contribution in [0.25, 0.3) is 0 Å². The summed E-state index contributed by atoms with van der Waals surface area (Å²) in [6.07, 6.45) is 2.95. The highest BCUT2D eigenvalue weighted by atomic mass is 31.2. The van der Waals surface area contributed by atoms with E-state index in [1.54, 1.807) is 0 Å². The molecular weight excluding hydrogens is 129 g/mol. The van der Waals surface area contributed by atoms with Crippen molar-refractivity contribution in [3.63, 3.8) is 0 Å². The zero-order valence-corrected chi connectivity index (χ0v) is 7.62. The summed E-state index contributed by atoms with van der Waals surface area (Å²) in [5.41, 5.74) is 0. The Kier molecular flexibility index (Phi) is 2.13. The summed E-state index contributed by atoms with van der Waals surface area (Å²) in [6.45, 7) is 7.61. The minimum absolute atomic E-state index is 0.416. The molecule has 0 aromatic carbocycles. The molecule has 1 heterocycles. The van der Waals surface area contributed by atoms with E-state index >= 15 is 0 Å². The number of nitrogens with zero attached hydrogens (tertiary/aromatic N) is 1. The van der Waals surface area contributed by atoms with Crippen LogP contribution in [-0.2, 0) is 0 Å². The second-order valence-corrected chi connectivity index (χ2v) is 8.45. The molecule has 0 amide bonds. The summed E-state index contributed by atoms with van der Waals surface area (Å²) in [7, 11) is 1.81. The molecule has 0 aliphatic carbocycles. The van der Waals surface area contributed by atoms with Crippen molar-refractivity contribution < 1.29 is 0 Å². The fourth-order valence-electron chi connectivity index (χ4n) is 1.11. The molecule has 0 radical (unpaired) electrons. The van der Waals surface area contributed by atoms with Crippen LogP contribution in [0, 0.1) is 0 Å². The first-order valence-corrected chi connectivity index (χ1v) is 6.66. The lowest BCUT2D eigenvalue weighted by atomic mass is 10.6. The van der Waals surface area contributed by atoms with Gasteiger partial charge in [0, 0.05) is 33.7 Å². The molecule has 0 saturated carbocycles. The van der Waals surface area contributed by atoms with Gasteiger partial charge in [0.1, 0.15) is 0 Å². The Morgan fingerprint density at radius 2 is 1.56 bits per heavy atom. The molecule has 9 heavy (non-hydrogen) atoms. The predicted octanol–water partition coefficient (Wildman–Crippen LogP) is 1.21. The number of rotatable bonds is 0. The molecule has 54 valence electrons. The van der Waals surface area contributed by atoms with Gasteiger partial charge < -0.3 is 0 Å². The standard InChI is InChI=1S/C7H17NP/c1-8-4-6-9(2,3)7-5-8/h4-7H2,1-3H3/q+1. The molecule has 1 fully saturated rings. The second kappa shape index (κ2) is 2.56. The van der Waals surface area contributed by atoms with Gasteiger partial charge in [0.25, 0.3) is 0 Å². The van der Waals surface area contributed by atoms with E-state index in [2.05, 4.69) is 25.3 Å². The Morgan fingerprint density at radius 3 is 1.89 bits per heavy atom. The van der Waals surface area contributed by atoms with E-state index in [0.717, 1.165) is 0 Å². The quantitative estimate of drug-likeness (QED) is 0.464. The molecule has 2 heteroatoms. The topological polar surface area (TPSA) is 3.24 Å². The van der Waals surface area contributed by atoms with Crippen molar-refractivity contribution in [2.45, 2.75) is 0 Å². The minimum atomic E-state index is -0.416. The van der Waals surface area contributed by atoms with Crippen molar-refractivity contribution in [2.75, 3.05) is 45.8 Å². The van der Waals surface area contributed by atoms with E-state index in [1.807, 2.05) is 0 Å². The van der Waals surface area contributed by atoms with Gasteiger partial charge in [-0.1, -0.05) is 0 Å². The van der Waals surface area contributed by atoms with Crippen molar-refractivity contribution in [3.8, 4) is 0 Å². The Labute approximate surface area is 58.8 Å². The maximum atomic E-state index is 2.47. The van der Waals surface area contributed by atoms with Gasteiger partial charge >= 0.3 is 0 Å². The number of hydrogen-bond acceptors (Lipinski definition) is 1. The molecule has 1 rings (SSSR count). The summed E-state index contributed by atoms with van der Waals surface area (Å²) >= 11 is 0. The molecule has 0 N–H and O–H groups in total. The third-order valence-corrected chi connectivity index (χ3v) is 5.00. The van der Waals surface area contributed by atoms with E-state index in [1.165, 1.54) is 25.4 Å². The van der Waals surface area contributed by atoms with Gasteiger partial charge in [-0.25, -0.2) is 0 Å². The van der Waals surface area contributed by atoms with Crippen LogP contribution in [0.15, 0.2) is 0 Å². The van der Waals surface area contributed by atoms with Gasteiger partial charge in [0.05, 0.1) is 12.3 Å². The van der Waals surface area contributed by atoms with E-state index < -0.39 is 7.26 Å². The molecule has 0 aromatic heterocycles. The van der Waals surface area contributed by atoms with Crippen LogP contribution in [0.4, 0.5) is 0 Å². The third-order valence-electron chi connectivity index (χ3n) is 2.17. The molecule has 1 nitrogen and oxygen atoms in total. The van der Waals surface area contributed by atoms with Crippen LogP contribution in [0.3, 0.4) is 0 Å². The fourth-order valence-corrected chi connectivity index (χ4v) is 3.10. The van der Waals surface area contributed by atoms with Crippen molar-refractivity contribution in [1.82, 2.24) is 4.90 Å². The van der Waals surface area contributed by atoms with Crippen LogP contribution in [0.1, 0.15) is 0 Å². The van der Waals surface area contributed by atoms with Gasteiger partial charge in [-0.05, 0) is 7.05 Å². The number of hydrogen-bond donors (Lipinski definition) is 0. The summed E-state index contributed by atoms with van der Waals surface area (Å²) in [4.78, 5) is 2.44. The molecule has 0 spiro atoms. The Hall–Kier alpha value is 0.390. The molecule has 0 unspecified atom stereocenters. The van der Waals surface area contributed by atoms with Crippen molar-refractivity contribution >= 4 is 7.26 Å². The molecule has 0 atom stereocenters. The lowest BCUT2D eigenvalue weighted by Crippen LogP contribution is -2.32. The average Bonchev–Trinajstić information content (AvgIpc) is 1.78. The molecule has 1 aliphatic heterocycles. The van der Waals surface area contributed by atoms with Gasteiger partial charge in [-0.2, -0.15) is 0 Å². The molecule has 0 bridgehead atoms. The van der Waals surface area contributed by atoms with E-state index in [-0.39, 0.29) is 0 Å². The largest absolute Gasteiger partial charge is 0.299 e. The normalized spacial score (nSPS) is 28.3. The van der Waals surface area contributed by atoms with Crippen molar-refractivity contribution in [2.24, 2.45) is 0 Å². The van der Waals surface area contributed by atoms with Crippen LogP contribution in [0.2, 0.25) is 0 Å². The van der Waals surface area contributed by atoms with Gasteiger partial charge in [0.2, 0.25) is 0 Å². The third kappa shape index (κ3) is 2.23. The zero-order chi connectivity index (χ0) is 6.91. The molecule has 1 aliphatic rings. The zero-order valence-electron chi connectivity index (χ0n) is 6.72. The maximum absolute atomic E-state index is 2.47. The highest BCUT2D eigenvalue weighted by molar-refractivity contribution is 7.74. The highest BCUT2D eigenvalue weighted by Gasteiger charge is 2.29. The first-order valence-electron chi connectivity index (χ1n) is 3.61. The van der Waals surface area contributed by atoms with Crippen molar-refractivity contribution in [3.05, 3.63) is 0 Å². The van der Waals surface area contributed by atoms with Gasteiger partial charge in [0.15, 0.2) is 0 Å². The van der Waals surface area contributed by atoms with Crippen LogP contribution >= 0.6 is 7.26 Å². The van der Waals surface area contributed by atoms with Crippen LogP contribution in [0.5, 0.6) is 0 Å². The average molecular weight is 146 g/mol. The monoisotopic (exact) mass is 146 g/mol. The molecule has 1 saturated heterocycles. The highest BCUT2D eigenvalue weighted by Crippen LogP contribution is 2.51. The minimum Gasteiger partial charge on any atom is -0.299 e. The van der Waals surface area contributed by atoms with Crippen LogP contribution in [-0.4, -0.2) is 50.7 Å². The second-order valence-electron chi connectivity index (χ2n) is 3.69. The SMILES string of the molecule is CN1CC[P+](C)(C)CC1. The van der Waals surface area contributed by atoms with E-state index in [0.29, 0.717) is 0 Å². The van der Waals surface area contributed by atoms with Gasteiger partial charge in [-0.15, -0.1) is 0 Å². The fraction of sp³-hybridized carbons (Fsp3) is 1.00.